The second-order valence-corrected chi connectivity index (χ2v) is 7.39. The third-order valence-electron chi connectivity index (χ3n) is 3.65. The fourth-order valence-electron chi connectivity index (χ4n) is 2.22. The van der Waals surface area contributed by atoms with Crippen LogP contribution in [0.25, 0.3) is 0 Å². The van der Waals surface area contributed by atoms with Crippen molar-refractivity contribution in [1.29, 1.82) is 5.26 Å². The zero-order valence-electron chi connectivity index (χ0n) is 13.8. The molecule has 0 heterocycles. The molecule has 126 valence electrons. The minimum atomic E-state index is -3.66. The summed E-state index contributed by atoms with van der Waals surface area (Å²) in [5, 5.41) is 8.85. The van der Waals surface area contributed by atoms with Gasteiger partial charge in [0.25, 0.3) is 0 Å². The second kappa shape index (κ2) is 8.06. The van der Waals surface area contributed by atoms with Gasteiger partial charge in [0.05, 0.1) is 23.1 Å². The van der Waals surface area contributed by atoms with Gasteiger partial charge in [0.2, 0.25) is 10.0 Å². The van der Waals surface area contributed by atoms with E-state index in [1.807, 2.05) is 37.3 Å². The number of rotatable bonds is 7. The summed E-state index contributed by atoms with van der Waals surface area (Å²) in [6.45, 7) is 2.82. The van der Waals surface area contributed by atoms with Crippen LogP contribution in [-0.4, -0.2) is 33.0 Å². The highest BCUT2D eigenvalue weighted by atomic mass is 32.2. The van der Waals surface area contributed by atoms with E-state index in [0.29, 0.717) is 12.2 Å². The Morgan fingerprint density at radius 2 is 1.71 bits per heavy atom. The molecular weight excluding hydrogens is 324 g/mol. The predicted molar refractivity (Wildman–Crippen MR) is 91.8 cm³/mol. The first-order valence-electron chi connectivity index (χ1n) is 7.52. The predicted octanol–water partition coefficient (Wildman–Crippen LogP) is 2.70. The van der Waals surface area contributed by atoms with Gasteiger partial charge in [0, 0.05) is 20.2 Å². The summed E-state index contributed by atoms with van der Waals surface area (Å²) in [6, 6.07) is 15.7. The number of aryl methyl sites for hydroxylation is 1. The van der Waals surface area contributed by atoms with E-state index in [9.17, 15) is 8.42 Å². The molecule has 0 fully saturated rings. The third kappa shape index (κ3) is 4.42. The van der Waals surface area contributed by atoms with Crippen molar-refractivity contribution < 1.29 is 13.2 Å². The summed E-state index contributed by atoms with van der Waals surface area (Å²) in [5.41, 5.74) is 2.46. The standard InChI is InChI=1S/C18H20N2O3S/c1-15-3-5-17(6-4-15)14-20(11-12-23-2)24(21,22)18-9-7-16(13-19)8-10-18/h3-10H,11-12,14H2,1-2H3. The first-order chi connectivity index (χ1) is 11.5. The van der Waals surface area contributed by atoms with Crippen molar-refractivity contribution in [3.8, 4) is 6.07 Å². The van der Waals surface area contributed by atoms with Gasteiger partial charge in [-0.25, -0.2) is 8.42 Å². The molecular formula is C18H20N2O3S. The van der Waals surface area contributed by atoms with E-state index < -0.39 is 10.0 Å². The molecule has 0 unspecified atom stereocenters. The van der Waals surface area contributed by atoms with Crippen LogP contribution >= 0.6 is 0 Å². The Hall–Kier alpha value is -2.20. The van der Waals surface area contributed by atoms with Gasteiger partial charge in [-0.15, -0.1) is 0 Å². The molecule has 0 amide bonds. The van der Waals surface area contributed by atoms with E-state index in [1.54, 1.807) is 7.11 Å². The fourth-order valence-corrected chi connectivity index (χ4v) is 3.64. The molecule has 0 N–H and O–H groups in total. The van der Waals surface area contributed by atoms with Crippen LogP contribution in [0.15, 0.2) is 53.4 Å². The van der Waals surface area contributed by atoms with Crippen molar-refractivity contribution in [2.45, 2.75) is 18.4 Å². The van der Waals surface area contributed by atoms with Gasteiger partial charge in [0.1, 0.15) is 0 Å². The SMILES string of the molecule is COCCN(Cc1ccc(C)cc1)S(=O)(=O)c1ccc(C#N)cc1. The van der Waals surface area contributed by atoms with Gasteiger partial charge in [-0.3, -0.25) is 0 Å². The fraction of sp³-hybridized carbons (Fsp3) is 0.278. The Labute approximate surface area is 143 Å². The summed E-state index contributed by atoms with van der Waals surface area (Å²) >= 11 is 0. The summed E-state index contributed by atoms with van der Waals surface area (Å²) in [5.74, 6) is 0. The van der Waals surface area contributed by atoms with Crippen LogP contribution in [0.1, 0.15) is 16.7 Å². The van der Waals surface area contributed by atoms with Crippen molar-refractivity contribution in [3.05, 3.63) is 65.2 Å². The maximum atomic E-state index is 12.9. The average molecular weight is 344 g/mol. The number of hydrogen-bond acceptors (Lipinski definition) is 4. The van der Waals surface area contributed by atoms with Gasteiger partial charge in [0.15, 0.2) is 0 Å². The lowest BCUT2D eigenvalue weighted by atomic mass is 10.1. The molecule has 0 bridgehead atoms. The largest absolute Gasteiger partial charge is 0.383 e. The zero-order chi connectivity index (χ0) is 17.6. The van der Waals surface area contributed by atoms with E-state index in [0.717, 1.165) is 11.1 Å². The lowest BCUT2D eigenvalue weighted by Crippen LogP contribution is -2.33. The molecule has 24 heavy (non-hydrogen) atoms. The minimum Gasteiger partial charge on any atom is -0.383 e. The Balaban J connectivity index is 2.30. The van der Waals surface area contributed by atoms with E-state index in [-0.39, 0.29) is 18.0 Å². The van der Waals surface area contributed by atoms with Crippen LogP contribution in [0.2, 0.25) is 0 Å². The van der Waals surface area contributed by atoms with Crippen molar-refractivity contribution >= 4 is 10.0 Å². The maximum Gasteiger partial charge on any atom is 0.243 e. The molecule has 2 aromatic rings. The van der Waals surface area contributed by atoms with Crippen molar-refractivity contribution in [1.82, 2.24) is 4.31 Å². The quantitative estimate of drug-likeness (QED) is 0.774. The van der Waals surface area contributed by atoms with Crippen LogP contribution in [0, 0.1) is 18.3 Å². The molecule has 2 rings (SSSR count). The first kappa shape index (κ1) is 18.1. The molecule has 0 atom stereocenters. The van der Waals surface area contributed by atoms with Gasteiger partial charge in [-0.2, -0.15) is 9.57 Å². The lowest BCUT2D eigenvalue weighted by Gasteiger charge is -2.22. The van der Waals surface area contributed by atoms with E-state index >= 15 is 0 Å². The Kier molecular flexibility index (Phi) is 6.10. The topological polar surface area (TPSA) is 70.4 Å². The summed E-state index contributed by atoms with van der Waals surface area (Å²) < 4.78 is 32.2. The van der Waals surface area contributed by atoms with Crippen molar-refractivity contribution in [2.24, 2.45) is 0 Å². The van der Waals surface area contributed by atoms with Gasteiger partial charge in [-0.1, -0.05) is 29.8 Å². The highest BCUT2D eigenvalue weighted by molar-refractivity contribution is 7.89. The summed E-state index contributed by atoms with van der Waals surface area (Å²) in [4.78, 5) is 0.171. The van der Waals surface area contributed by atoms with Gasteiger partial charge < -0.3 is 4.74 Å². The number of sulfonamides is 1. The molecule has 2 aromatic carbocycles. The summed E-state index contributed by atoms with van der Waals surface area (Å²) in [6.07, 6.45) is 0. The van der Waals surface area contributed by atoms with Gasteiger partial charge >= 0.3 is 0 Å². The number of hydrogen-bond donors (Lipinski definition) is 0. The Bertz CT molecular complexity index is 807. The maximum absolute atomic E-state index is 12.9. The van der Waals surface area contributed by atoms with Crippen molar-refractivity contribution in [2.75, 3.05) is 20.3 Å². The monoisotopic (exact) mass is 344 g/mol. The number of ether oxygens (including phenoxy) is 1. The molecule has 0 aliphatic heterocycles. The molecule has 0 saturated heterocycles. The molecule has 5 nitrogen and oxygen atoms in total. The highest BCUT2D eigenvalue weighted by Gasteiger charge is 2.24. The van der Waals surface area contributed by atoms with E-state index in [1.165, 1.54) is 28.6 Å². The first-order valence-corrected chi connectivity index (χ1v) is 8.96. The average Bonchev–Trinajstić information content (AvgIpc) is 2.60. The highest BCUT2D eigenvalue weighted by Crippen LogP contribution is 2.19. The second-order valence-electron chi connectivity index (χ2n) is 5.45. The van der Waals surface area contributed by atoms with Crippen molar-refractivity contribution in [3.63, 3.8) is 0 Å². The Morgan fingerprint density at radius 1 is 1.08 bits per heavy atom. The molecule has 6 heteroatoms. The number of methoxy groups -OCH3 is 1. The van der Waals surface area contributed by atoms with Crippen LogP contribution < -0.4 is 0 Å². The minimum absolute atomic E-state index is 0.171. The molecule has 0 spiro atoms. The van der Waals surface area contributed by atoms with Gasteiger partial charge in [-0.05, 0) is 36.8 Å². The molecule has 0 radical (unpaired) electrons. The number of nitrogens with zero attached hydrogens (tertiary/aromatic N) is 2. The molecule has 0 aromatic heterocycles. The van der Waals surface area contributed by atoms with Crippen LogP contribution in [0.4, 0.5) is 0 Å². The Morgan fingerprint density at radius 3 is 2.25 bits per heavy atom. The smallest absolute Gasteiger partial charge is 0.243 e. The molecule has 0 aliphatic carbocycles. The zero-order valence-corrected chi connectivity index (χ0v) is 14.6. The summed E-state index contributed by atoms with van der Waals surface area (Å²) in [7, 11) is -2.12. The lowest BCUT2D eigenvalue weighted by molar-refractivity contribution is 0.177. The molecule has 0 saturated carbocycles. The van der Waals surface area contributed by atoms with Crippen LogP contribution in [-0.2, 0) is 21.3 Å². The third-order valence-corrected chi connectivity index (χ3v) is 5.50. The number of nitriles is 1. The van der Waals surface area contributed by atoms with Crippen LogP contribution in [0.3, 0.4) is 0 Å². The van der Waals surface area contributed by atoms with Crippen LogP contribution in [0.5, 0.6) is 0 Å². The molecule has 0 aliphatic rings. The van der Waals surface area contributed by atoms with E-state index in [2.05, 4.69) is 0 Å². The number of benzene rings is 2. The van der Waals surface area contributed by atoms with E-state index in [4.69, 9.17) is 10.00 Å². The normalized spacial score (nSPS) is 11.4.